The van der Waals surface area contributed by atoms with Gasteiger partial charge in [0.25, 0.3) is 21.9 Å². The third-order valence-electron chi connectivity index (χ3n) is 11.2. The number of phenols is 1. The van der Waals surface area contributed by atoms with Gasteiger partial charge in [-0.25, -0.2) is 8.42 Å². The summed E-state index contributed by atoms with van der Waals surface area (Å²) in [7, 11) is -6.25. The van der Waals surface area contributed by atoms with Gasteiger partial charge in [-0.1, -0.05) is 91.3 Å². The van der Waals surface area contributed by atoms with Gasteiger partial charge in [-0.15, -0.1) is 15.3 Å². The zero-order valence-electron chi connectivity index (χ0n) is 40.2. The number of fused-ring (bicyclic) bond motifs is 2. The fourth-order valence-corrected chi connectivity index (χ4v) is 9.01. The SMILES string of the molecule is CCc1cc(S(=O)(=O)O)cc(N=Nc2c(O)c(C(=O)Nc3ccc(OC)cc3)cc3ccccc23)c1Cl.CCc1cc(S(=O)(=O)[O-])cc(N=Nc2c([O-])c(C(=O)Nc3ccc(OC)cc3)cc3ccccc23)c1Cl.[Ba+2]. The molecule has 0 unspecified atom stereocenters. The minimum atomic E-state index is -4.79. The Labute approximate surface area is 481 Å². The van der Waals surface area contributed by atoms with Crippen molar-refractivity contribution in [3.05, 3.63) is 166 Å². The fourth-order valence-electron chi connectivity index (χ4n) is 7.35. The number of azo groups is 2. The number of aryl methyl sites for hydroxylation is 2. The molecule has 8 aromatic rings. The minimum absolute atomic E-state index is 0. The third-order valence-corrected chi connectivity index (χ3v) is 13.7. The topological polar surface area (TPSA) is 281 Å². The maximum absolute atomic E-state index is 13.4. The summed E-state index contributed by atoms with van der Waals surface area (Å²) in [5, 5.41) is 48.5. The standard InChI is InChI=1S/2C26H22ClN3O6S.Ba/c2*1-3-15-12-19(37(33,34)35)14-22(23(15)27)29-30-24-20-7-5-4-6-16(20)13-21(25(24)31)26(32)28-17-8-10-18(36-2)11-9-17;/h2*4-14,31H,3H2,1-2H3,(H,28,32)(H,33,34,35);/q;;+2/p-2. The number of nitrogens with one attached hydrogen (secondary N) is 2. The van der Waals surface area contributed by atoms with Gasteiger partial charge in [-0.2, -0.15) is 13.5 Å². The molecule has 23 heteroatoms. The van der Waals surface area contributed by atoms with Gasteiger partial charge in [0.1, 0.15) is 38.7 Å². The van der Waals surface area contributed by atoms with Crippen LogP contribution in [0.1, 0.15) is 45.7 Å². The number of anilines is 2. The summed E-state index contributed by atoms with van der Waals surface area (Å²) in [6, 6.07) is 34.5. The van der Waals surface area contributed by atoms with Crippen molar-refractivity contribution in [2.75, 3.05) is 24.9 Å². The van der Waals surface area contributed by atoms with Crippen LogP contribution in [0.3, 0.4) is 0 Å². The van der Waals surface area contributed by atoms with Gasteiger partial charge in [0.05, 0.1) is 45.3 Å². The maximum atomic E-state index is 13.4. The van der Waals surface area contributed by atoms with Crippen LogP contribution in [-0.2, 0) is 33.1 Å². The van der Waals surface area contributed by atoms with Crippen LogP contribution in [0.25, 0.3) is 21.5 Å². The first-order valence-electron chi connectivity index (χ1n) is 22.0. The van der Waals surface area contributed by atoms with Crippen molar-refractivity contribution < 1.29 is 55.2 Å². The number of halogens is 2. The normalized spacial score (nSPS) is 11.5. The molecule has 0 aliphatic carbocycles. The van der Waals surface area contributed by atoms with Gasteiger partial charge in [-0.05, 0) is 120 Å². The Kier molecular flexibility index (Phi) is 19.3. The molecule has 0 radical (unpaired) electrons. The van der Waals surface area contributed by atoms with Crippen LogP contribution in [0.5, 0.6) is 23.0 Å². The second-order valence-corrected chi connectivity index (χ2v) is 19.5. The number of hydrogen-bond donors (Lipinski definition) is 4. The van der Waals surface area contributed by atoms with E-state index >= 15 is 0 Å². The zero-order chi connectivity index (χ0) is 53.5. The number of rotatable bonds is 14. The Bertz CT molecular complexity index is 3530. The monoisotopic (exact) mass is 1210 g/mol. The molecule has 0 spiro atoms. The quantitative estimate of drug-likeness (QED) is 0.0449. The number of carbonyl (C=O) groups is 2. The number of amides is 2. The molecule has 18 nitrogen and oxygen atoms in total. The molecule has 0 aliphatic rings. The van der Waals surface area contributed by atoms with Crippen LogP contribution in [0.4, 0.5) is 34.1 Å². The molecule has 0 aliphatic heterocycles. The molecular weight excluding hydrogens is 1170 g/mol. The van der Waals surface area contributed by atoms with E-state index in [9.17, 15) is 45.7 Å². The van der Waals surface area contributed by atoms with Gasteiger partial charge in [0.15, 0.2) is 5.75 Å². The van der Waals surface area contributed by atoms with Gasteiger partial charge in [0.2, 0.25) is 0 Å². The summed E-state index contributed by atoms with van der Waals surface area (Å²) in [5.74, 6) is -1.11. The van der Waals surface area contributed by atoms with Gasteiger partial charge in [0, 0.05) is 27.7 Å². The number of methoxy groups -OCH3 is 2. The fraction of sp³-hybridized carbons (Fsp3) is 0.115. The molecule has 8 aromatic carbocycles. The molecular formula is C52H42BaCl2N6O12S2. The molecule has 0 aromatic heterocycles. The zero-order valence-corrected chi connectivity index (χ0v) is 47.7. The second kappa shape index (κ2) is 25.0. The average molecular weight is 1220 g/mol. The molecule has 0 heterocycles. The Hall–Kier alpha value is -6.41. The summed E-state index contributed by atoms with van der Waals surface area (Å²) in [5.41, 5.74) is 1.29. The Morgan fingerprint density at radius 1 is 0.600 bits per heavy atom. The molecule has 0 atom stereocenters. The second-order valence-electron chi connectivity index (χ2n) is 15.9. The first kappa shape index (κ1) is 57.9. The summed E-state index contributed by atoms with van der Waals surface area (Å²) < 4.78 is 78.0. The Balaban J connectivity index is 0.000000241. The van der Waals surface area contributed by atoms with Crippen molar-refractivity contribution in [2.45, 2.75) is 36.5 Å². The number of hydrogen-bond acceptors (Lipinski definition) is 15. The molecule has 380 valence electrons. The van der Waals surface area contributed by atoms with E-state index in [-0.39, 0.29) is 97.7 Å². The first-order valence-corrected chi connectivity index (χ1v) is 25.6. The van der Waals surface area contributed by atoms with Crippen LogP contribution in [-0.4, -0.2) is 106 Å². The molecule has 0 bridgehead atoms. The predicted octanol–water partition coefficient (Wildman–Crippen LogP) is 12.0. The van der Waals surface area contributed by atoms with Crippen molar-refractivity contribution in [1.29, 1.82) is 0 Å². The largest absolute Gasteiger partial charge is 2.00 e. The van der Waals surface area contributed by atoms with Crippen molar-refractivity contribution in [1.82, 2.24) is 0 Å². The molecule has 75 heavy (non-hydrogen) atoms. The molecule has 0 fully saturated rings. The molecule has 0 saturated carbocycles. The van der Waals surface area contributed by atoms with Gasteiger partial charge in [-0.3, -0.25) is 14.1 Å². The van der Waals surface area contributed by atoms with Crippen LogP contribution < -0.4 is 25.2 Å². The number of aromatic hydroxyl groups is 1. The third kappa shape index (κ3) is 13.7. The molecule has 2 amide bonds. The maximum Gasteiger partial charge on any atom is 2.00 e. The van der Waals surface area contributed by atoms with E-state index in [1.54, 1.807) is 111 Å². The Morgan fingerprint density at radius 3 is 1.47 bits per heavy atom. The van der Waals surface area contributed by atoms with Crippen molar-refractivity contribution in [2.24, 2.45) is 20.5 Å². The molecule has 8 rings (SSSR count). The van der Waals surface area contributed by atoms with Crippen molar-refractivity contribution in [3.8, 4) is 23.0 Å². The summed E-state index contributed by atoms with van der Waals surface area (Å²) in [6.07, 6.45) is 0.710. The number of carbonyl (C=O) groups excluding carboxylic acids is 2. The minimum Gasteiger partial charge on any atom is -0.870 e. The summed E-state index contributed by atoms with van der Waals surface area (Å²) in [4.78, 5) is 25.2. The average Bonchev–Trinajstić information content (AvgIpc) is 3.38. The summed E-state index contributed by atoms with van der Waals surface area (Å²) in [6.45, 7) is 3.50. The van der Waals surface area contributed by atoms with Crippen LogP contribution in [0, 0.1) is 0 Å². The number of benzene rings is 8. The van der Waals surface area contributed by atoms with Gasteiger partial charge < -0.3 is 34.9 Å². The van der Waals surface area contributed by atoms with E-state index in [4.69, 9.17) is 32.7 Å². The van der Waals surface area contributed by atoms with Crippen molar-refractivity contribution in [3.63, 3.8) is 0 Å². The number of phenolic OH excluding ortho intramolecular Hbond substituents is 1. The van der Waals surface area contributed by atoms with E-state index < -0.39 is 48.4 Å². The Morgan fingerprint density at radius 2 is 1.01 bits per heavy atom. The summed E-state index contributed by atoms with van der Waals surface area (Å²) >= 11 is 12.7. The molecule has 4 N–H and O–H groups in total. The van der Waals surface area contributed by atoms with Crippen LogP contribution in [0.15, 0.2) is 164 Å². The van der Waals surface area contributed by atoms with E-state index in [0.29, 0.717) is 68.4 Å². The van der Waals surface area contributed by atoms with Crippen LogP contribution >= 0.6 is 23.2 Å². The van der Waals surface area contributed by atoms with Crippen LogP contribution in [0.2, 0.25) is 10.0 Å². The first-order chi connectivity index (χ1) is 35.2. The number of ether oxygens (including phenoxy) is 2. The van der Waals surface area contributed by atoms with E-state index in [1.807, 2.05) is 0 Å². The molecule has 0 saturated heterocycles. The predicted molar refractivity (Wildman–Crippen MR) is 284 cm³/mol. The van der Waals surface area contributed by atoms with E-state index in [0.717, 1.165) is 12.1 Å². The van der Waals surface area contributed by atoms with E-state index in [1.165, 1.54) is 38.5 Å². The van der Waals surface area contributed by atoms with E-state index in [2.05, 4.69) is 31.1 Å². The van der Waals surface area contributed by atoms with Gasteiger partial charge >= 0.3 is 48.9 Å². The van der Waals surface area contributed by atoms with Crippen molar-refractivity contribution >= 4 is 160 Å². The smallest absolute Gasteiger partial charge is 0.870 e. The number of nitrogens with zero attached hydrogens (tertiary/aromatic N) is 4.